The van der Waals surface area contributed by atoms with E-state index in [4.69, 9.17) is 4.84 Å². The van der Waals surface area contributed by atoms with Gasteiger partial charge in [-0.05, 0) is 38.3 Å². The van der Waals surface area contributed by atoms with Crippen LogP contribution in [0.5, 0.6) is 0 Å². The zero-order valence-corrected chi connectivity index (χ0v) is 16.2. The molecule has 2 rings (SSSR count). The number of amides is 1. The highest BCUT2D eigenvalue weighted by atomic mass is 32.2. The number of hydrogen-bond donors (Lipinski definition) is 0. The average Bonchev–Trinajstić information content (AvgIpc) is 3.28. The smallest absolute Gasteiger partial charge is 0.264 e. The Kier molecular flexibility index (Phi) is 6.03. The van der Waals surface area contributed by atoms with Crippen molar-refractivity contribution < 1.29 is 18.0 Å². The highest BCUT2D eigenvalue weighted by molar-refractivity contribution is 7.89. The fraction of sp³-hybridized carbons (Fsp3) is 0.500. The molecule has 0 unspecified atom stereocenters. The van der Waals surface area contributed by atoms with Crippen molar-refractivity contribution in [1.29, 1.82) is 0 Å². The molecule has 0 radical (unpaired) electrons. The quantitative estimate of drug-likeness (QED) is 0.549. The first-order valence-corrected chi connectivity index (χ1v) is 9.71. The number of aryl methyl sites for hydroxylation is 1. The zero-order chi connectivity index (χ0) is 18.8. The molecule has 1 aromatic rings. The molecule has 6 nitrogen and oxygen atoms in total. The van der Waals surface area contributed by atoms with Crippen molar-refractivity contribution in [2.24, 2.45) is 5.92 Å². The van der Waals surface area contributed by atoms with E-state index >= 15 is 0 Å². The maximum atomic E-state index is 13.1. The molecule has 1 aliphatic rings. The highest BCUT2D eigenvalue weighted by Crippen LogP contribution is 2.36. The largest absolute Gasteiger partial charge is 0.275 e. The van der Waals surface area contributed by atoms with Gasteiger partial charge in [0.05, 0.1) is 12.0 Å². The van der Waals surface area contributed by atoms with Crippen LogP contribution < -0.4 is 0 Å². The van der Waals surface area contributed by atoms with Gasteiger partial charge in [0.1, 0.15) is 6.04 Å². The molecule has 0 aromatic heterocycles. The van der Waals surface area contributed by atoms with Crippen LogP contribution in [0.15, 0.2) is 40.8 Å². The third kappa shape index (κ3) is 4.48. The SMILES string of the molecule is CON(C)C(=O)[C@H](C)N(C/C=C1\C[C@@H]1C)S(=O)(=O)c1ccc(C)cc1. The first-order valence-electron chi connectivity index (χ1n) is 8.27. The lowest BCUT2D eigenvalue weighted by Crippen LogP contribution is -2.48. The topological polar surface area (TPSA) is 66.9 Å². The number of allylic oxidation sites excluding steroid dienone is 1. The van der Waals surface area contributed by atoms with Crippen molar-refractivity contribution in [2.45, 2.75) is 38.1 Å². The van der Waals surface area contributed by atoms with Gasteiger partial charge in [0.15, 0.2) is 0 Å². The Hall–Kier alpha value is -1.70. The molecule has 1 saturated carbocycles. The molecule has 1 amide bonds. The van der Waals surface area contributed by atoms with E-state index in [1.165, 1.54) is 24.0 Å². The molecule has 1 fully saturated rings. The molecular formula is C18H26N2O4S. The van der Waals surface area contributed by atoms with Gasteiger partial charge in [-0.15, -0.1) is 0 Å². The summed E-state index contributed by atoms with van der Waals surface area (Å²) in [7, 11) is -0.962. The van der Waals surface area contributed by atoms with Crippen LogP contribution in [0, 0.1) is 12.8 Å². The molecule has 0 spiro atoms. The van der Waals surface area contributed by atoms with Crippen LogP contribution in [0.3, 0.4) is 0 Å². The van der Waals surface area contributed by atoms with Gasteiger partial charge in [-0.1, -0.05) is 36.3 Å². The van der Waals surface area contributed by atoms with Crippen LogP contribution in [-0.2, 0) is 19.7 Å². The maximum Gasteiger partial charge on any atom is 0.264 e. The van der Waals surface area contributed by atoms with E-state index in [1.54, 1.807) is 31.2 Å². The van der Waals surface area contributed by atoms with Crippen molar-refractivity contribution in [3.63, 3.8) is 0 Å². The van der Waals surface area contributed by atoms with E-state index in [1.807, 2.05) is 13.0 Å². The number of rotatable bonds is 7. The predicted molar refractivity (Wildman–Crippen MR) is 96.2 cm³/mol. The lowest BCUT2D eigenvalue weighted by molar-refractivity contribution is -0.172. The normalized spacial score (nSPS) is 19.9. The first kappa shape index (κ1) is 19.6. The molecule has 0 saturated heterocycles. The van der Waals surface area contributed by atoms with Crippen molar-refractivity contribution in [3.05, 3.63) is 41.5 Å². The van der Waals surface area contributed by atoms with Gasteiger partial charge in [0.2, 0.25) is 10.0 Å². The van der Waals surface area contributed by atoms with E-state index in [2.05, 4.69) is 6.92 Å². The summed E-state index contributed by atoms with van der Waals surface area (Å²) in [5, 5.41) is 1.05. The highest BCUT2D eigenvalue weighted by Gasteiger charge is 2.35. The average molecular weight is 366 g/mol. The molecule has 0 heterocycles. The second-order valence-corrected chi connectivity index (χ2v) is 8.36. The van der Waals surface area contributed by atoms with Crippen molar-refractivity contribution >= 4 is 15.9 Å². The van der Waals surface area contributed by atoms with Crippen LogP contribution in [0.4, 0.5) is 0 Å². The Morgan fingerprint density at radius 2 is 1.92 bits per heavy atom. The van der Waals surface area contributed by atoms with Crippen LogP contribution in [0.25, 0.3) is 0 Å². The minimum Gasteiger partial charge on any atom is -0.275 e. The van der Waals surface area contributed by atoms with E-state index in [-0.39, 0.29) is 11.4 Å². The molecular weight excluding hydrogens is 340 g/mol. The summed E-state index contributed by atoms with van der Waals surface area (Å²) in [5.41, 5.74) is 2.20. The second-order valence-electron chi connectivity index (χ2n) is 6.47. The summed E-state index contributed by atoms with van der Waals surface area (Å²) in [4.78, 5) is 17.5. The molecule has 1 aromatic carbocycles. The Labute approximate surface area is 150 Å². The maximum absolute atomic E-state index is 13.1. The number of hydroxylamine groups is 2. The van der Waals surface area contributed by atoms with Gasteiger partial charge in [0.25, 0.3) is 5.91 Å². The molecule has 7 heteroatoms. The molecule has 0 bridgehead atoms. The van der Waals surface area contributed by atoms with E-state index in [0.29, 0.717) is 5.92 Å². The minimum absolute atomic E-state index is 0.167. The van der Waals surface area contributed by atoms with Gasteiger partial charge < -0.3 is 0 Å². The number of hydrogen-bond acceptors (Lipinski definition) is 4. The second kappa shape index (κ2) is 7.68. The molecule has 0 aliphatic heterocycles. The Morgan fingerprint density at radius 1 is 1.36 bits per heavy atom. The Morgan fingerprint density at radius 3 is 2.40 bits per heavy atom. The summed E-state index contributed by atoms with van der Waals surface area (Å²) >= 11 is 0. The lowest BCUT2D eigenvalue weighted by Gasteiger charge is -2.28. The van der Waals surface area contributed by atoms with E-state index < -0.39 is 22.0 Å². The molecule has 25 heavy (non-hydrogen) atoms. The number of carbonyl (C=O) groups excluding carboxylic acids is 1. The fourth-order valence-corrected chi connectivity index (χ4v) is 4.10. The third-order valence-electron chi connectivity index (χ3n) is 4.55. The van der Waals surface area contributed by atoms with Gasteiger partial charge >= 0.3 is 0 Å². The van der Waals surface area contributed by atoms with Crippen LogP contribution in [-0.4, -0.2) is 50.4 Å². The third-order valence-corrected chi connectivity index (χ3v) is 6.50. The number of likely N-dealkylation sites (N-methyl/N-ethyl adjacent to an activating group) is 1. The van der Waals surface area contributed by atoms with Gasteiger partial charge in [-0.2, -0.15) is 4.31 Å². The summed E-state index contributed by atoms with van der Waals surface area (Å²) < 4.78 is 27.4. The van der Waals surface area contributed by atoms with Crippen molar-refractivity contribution in [2.75, 3.05) is 20.7 Å². The van der Waals surface area contributed by atoms with Gasteiger partial charge in [-0.3, -0.25) is 9.63 Å². The summed E-state index contributed by atoms with van der Waals surface area (Å²) in [5.74, 6) is 0.0806. The number of sulfonamides is 1. The van der Waals surface area contributed by atoms with Crippen molar-refractivity contribution in [1.82, 2.24) is 9.37 Å². The monoisotopic (exact) mass is 366 g/mol. The molecule has 1 aliphatic carbocycles. The minimum atomic E-state index is -3.80. The fourth-order valence-electron chi connectivity index (χ4n) is 2.57. The summed E-state index contributed by atoms with van der Waals surface area (Å²) in [6.07, 6.45) is 2.89. The number of carbonyl (C=O) groups is 1. The first-order chi connectivity index (χ1) is 11.7. The number of nitrogens with zero attached hydrogens (tertiary/aromatic N) is 2. The Balaban J connectivity index is 2.35. The summed E-state index contributed by atoms with van der Waals surface area (Å²) in [6, 6.07) is 5.77. The zero-order valence-electron chi connectivity index (χ0n) is 15.4. The predicted octanol–water partition coefficient (Wildman–Crippen LogP) is 2.36. The molecule has 138 valence electrons. The van der Waals surface area contributed by atoms with Crippen molar-refractivity contribution in [3.8, 4) is 0 Å². The van der Waals surface area contributed by atoms with E-state index in [9.17, 15) is 13.2 Å². The number of benzene rings is 1. The van der Waals surface area contributed by atoms with Gasteiger partial charge in [-0.25, -0.2) is 13.5 Å². The standard InChI is InChI=1S/C18H26N2O4S/c1-13-6-8-17(9-7-13)25(22,23)20(11-10-16-12-14(16)2)15(3)18(21)19(4)24-5/h6-10,14-15H,11-12H2,1-5H3/b16-10+/t14-,15-/m0/s1. The Bertz CT molecular complexity index is 756. The summed E-state index contributed by atoms with van der Waals surface area (Å²) in [6.45, 7) is 5.74. The lowest BCUT2D eigenvalue weighted by atomic mass is 10.2. The van der Waals surface area contributed by atoms with E-state index in [0.717, 1.165) is 17.0 Å². The van der Waals surface area contributed by atoms with Gasteiger partial charge in [0, 0.05) is 13.6 Å². The van der Waals surface area contributed by atoms with Crippen LogP contribution in [0.2, 0.25) is 0 Å². The van der Waals surface area contributed by atoms with Crippen LogP contribution in [0.1, 0.15) is 25.8 Å². The molecule has 2 atom stereocenters. The van der Waals surface area contributed by atoms with Crippen LogP contribution >= 0.6 is 0 Å². The molecule has 0 N–H and O–H groups in total.